The molecule has 4 rings (SSSR count). The highest BCUT2D eigenvalue weighted by molar-refractivity contribution is 5.77. The van der Waals surface area contributed by atoms with Gasteiger partial charge in [0.2, 0.25) is 5.95 Å². The van der Waals surface area contributed by atoms with Gasteiger partial charge in [0.15, 0.2) is 12.2 Å². The molecule has 0 bridgehead atoms. The normalized spacial score (nSPS) is 11.1. The lowest BCUT2D eigenvalue weighted by Crippen LogP contribution is -2.06. The maximum atomic E-state index is 5.61. The Balaban J connectivity index is 1.61. The number of hydrogen-bond acceptors (Lipinski definition) is 6. The van der Waals surface area contributed by atoms with Gasteiger partial charge >= 0.3 is 0 Å². The second-order valence-corrected chi connectivity index (χ2v) is 5.70. The Labute approximate surface area is 144 Å². The van der Waals surface area contributed by atoms with Crippen LogP contribution in [0.4, 0.5) is 11.6 Å². The Morgan fingerprint density at radius 1 is 1.20 bits per heavy atom. The monoisotopic (exact) mass is 334 g/mol. The molecule has 0 fully saturated rings. The van der Waals surface area contributed by atoms with Crippen molar-refractivity contribution in [3.05, 3.63) is 55.3 Å². The lowest BCUT2D eigenvalue weighted by Gasteiger charge is -2.08. The van der Waals surface area contributed by atoms with Crippen LogP contribution in [0.3, 0.4) is 0 Å². The fraction of sp³-hybridized carbons (Fsp3) is 0.167. The average molecular weight is 334 g/mol. The standard InChI is InChI=1S/C18H18N6O/c19-6-2-7-24-8-5-14-10-21-18(23-17(14)24)22-15-4-1-3-13(9-15)16-11-20-12-25-16/h1,3-5,8-12H,2,6-7,19H2,(H,21,22,23). The minimum Gasteiger partial charge on any atom is -0.444 e. The van der Waals surface area contributed by atoms with Crippen molar-refractivity contribution in [3.8, 4) is 11.3 Å². The Kier molecular flexibility index (Phi) is 4.14. The molecule has 0 unspecified atom stereocenters. The first-order valence-electron chi connectivity index (χ1n) is 8.11. The van der Waals surface area contributed by atoms with Gasteiger partial charge in [-0.25, -0.2) is 9.97 Å². The summed E-state index contributed by atoms with van der Waals surface area (Å²) in [5, 5.41) is 4.26. The topological polar surface area (TPSA) is 94.8 Å². The van der Waals surface area contributed by atoms with Crippen LogP contribution in [0.2, 0.25) is 0 Å². The van der Waals surface area contributed by atoms with Crippen LogP contribution in [-0.4, -0.2) is 26.1 Å². The summed E-state index contributed by atoms with van der Waals surface area (Å²) in [5.41, 5.74) is 8.33. The van der Waals surface area contributed by atoms with E-state index in [9.17, 15) is 0 Å². The number of benzene rings is 1. The number of anilines is 2. The molecule has 0 amide bonds. The summed E-state index contributed by atoms with van der Waals surface area (Å²) < 4.78 is 7.44. The van der Waals surface area contributed by atoms with Crippen molar-refractivity contribution >= 4 is 22.7 Å². The largest absolute Gasteiger partial charge is 0.444 e. The van der Waals surface area contributed by atoms with E-state index < -0.39 is 0 Å². The smallest absolute Gasteiger partial charge is 0.229 e. The second kappa shape index (κ2) is 6.74. The predicted molar refractivity (Wildman–Crippen MR) is 96.4 cm³/mol. The van der Waals surface area contributed by atoms with E-state index in [2.05, 4.69) is 24.8 Å². The van der Waals surface area contributed by atoms with Gasteiger partial charge in [-0.15, -0.1) is 0 Å². The molecule has 126 valence electrons. The number of aromatic nitrogens is 4. The van der Waals surface area contributed by atoms with E-state index in [1.165, 1.54) is 6.39 Å². The van der Waals surface area contributed by atoms with Crippen LogP contribution in [0.5, 0.6) is 0 Å². The molecular formula is C18H18N6O. The van der Waals surface area contributed by atoms with Gasteiger partial charge in [-0.1, -0.05) is 12.1 Å². The van der Waals surface area contributed by atoms with Gasteiger partial charge in [0, 0.05) is 35.6 Å². The van der Waals surface area contributed by atoms with E-state index in [4.69, 9.17) is 10.2 Å². The van der Waals surface area contributed by atoms with Gasteiger partial charge in [0.1, 0.15) is 5.65 Å². The Bertz CT molecular complexity index is 976. The average Bonchev–Trinajstić information content (AvgIpc) is 3.30. The number of hydrogen-bond donors (Lipinski definition) is 2. The second-order valence-electron chi connectivity index (χ2n) is 5.70. The summed E-state index contributed by atoms with van der Waals surface area (Å²) in [5.74, 6) is 1.27. The van der Waals surface area contributed by atoms with Crippen molar-refractivity contribution in [1.82, 2.24) is 19.5 Å². The molecular weight excluding hydrogens is 316 g/mol. The summed E-state index contributed by atoms with van der Waals surface area (Å²) in [6, 6.07) is 9.86. The van der Waals surface area contributed by atoms with E-state index in [0.29, 0.717) is 12.5 Å². The van der Waals surface area contributed by atoms with Crippen molar-refractivity contribution in [2.75, 3.05) is 11.9 Å². The molecule has 25 heavy (non-hydrogen) atoms. The number of nitrogens with zero attached hydrogens (tertiary/aromatic N) is 4. The Morgan fingerprint density at radius 2 is 2.16 bits per heavy atom. The highest BCUT2D eigenvalue weighted by atomic mass is 16.3. The fourth-order valence-corrected chi connectivity index (χ4v) is 2.71. The highest BCUT2D eigenvalue weighted by Crippen LogP contribution is 2.24. The van der Waals surface area contributed by atoms with Gasteiger partial charge < -0.3 is 20.0 Å². The molecule has 0 aliphatic rings. The van der Waals surface area contributed by atoms with E-state index >= 15 is 0 Å². The predicted octanol–water partition coefficient (Wildman–Crippen LogP) is 3.18. The summed E-state index contributed by atoms with van der Waals surface area (Å²) >= 11 is 0. The lowest BCUT2D eigenvalue weighted by atomic mass is 10.1. The van der Waals surface area contributed by atoms with E-state index in [-0.39, 0.29) is 0 Å². The number of fused-ring (bicyclic) bond motifs is 1. The number of nitrogens with two attached hydrogens (primary N) is 1. The first kappa shape index (κ1) is 15.3. The molecule has 7 heteroatoms. The van der Waals surface area contributed by atoms with Crippen LogP contribution >= 0.6 is 0 Å². The zero-order chi connectivity index (χ0) is 17.1. The molecule has 0 saturated carbocycles. The first-order valence-corrected chi connectivity index (χ1v) is 8.11. The molecule has 0 aliphatic carbocycles. The Hall–Kier alpha value is -3.19. The van der Waals surface area contributed by atoms with Gasteiger partial charge in [0.25, 0.3) is 0 Å². The molecule has 7 nitrogen and oxygen atoms in total. The van der Waals surface area contributed by atoms with Crippen LogP contribution < -0.4 is 11.1 Å². The third-order valence-electron chi connectivity index (χ3n) is 3.94. The molecule has 3 N–H and O–H groups in total. The van der Waals surface area contributed by atoms with Crippen LogP contribution in [0.25, 0.3) is 22.4 Å². The number of rotatable bonds is 6. The number of nitrogens with one attached hydrogen (secondary N) is 1. The van der Waals surface area contributed by atoms with Gasteiger partial charge in [-0.05, 0) is 31.2 Å². The molecule has 3 aromatic heterocycles. The molecule has 0 spiro atoms. The zero-order valence-electron chi connectivity index (χ0n) is 13.6. The van der Waals surface area contributed by atoms with E-state index in [1.54, 1.807) is 6.20 Å². The van der Waals surface area contributed by atoms with Crippen LogP contribution in [0.15, 0.2) is 59.7 Å². The molecule has 4 aromatic rings. The van der Waals surface area contributed by atoms with Gasteiger partial charge in [0.05, 0.1) is 6.20 Å². The number of oxazole rings is 1. The third kappa shape index (κ3) is 3.22. The maximum absolute atomic E-state index is 5.61. The minimum atomic E-state index is 0.551. The van der Waals surface area contributed by atoms with Crippen molar-refractivity contribution < 1.29 is 4.42 Å². The van der Waals surface area contributed by atoms with E-state index in [1.807, 2.05) is 42.7 Å². The maximum Gasteiger partial charge on any atom is 0.229 e. The molecule has 0 saturated heterocycles. The zero-order valence-corrected chi connectivity index (χ0v) is 13.6. The van der Waals surface area contributed by atoms with E-state index in [0.717, 1.165) is 41.0 Å². The summed E-state index contributed by atoms with van der Waals surface area (Å²) in [4.78, 5) is 13.0. The first-order chi connectivity index (χ1) is 12.3. The number of aryl methyl sites for hydroxylation is 1. The third-order valence-corrected chi connectivity index (χ3v) is 3.94. The van der Waals surface area contributed by atoms with Crippen LogP contribution in [-0.2, 0) is 6.54 Å². The summed E-state index contributed by atoms with van der Waals surface area (Å²) in [6.45, 7) is 1.50. The molecule has 0 radical (unpaired) electrons. The van der Waals surface area contributed by atoms with Gasteiger partial charge in [-0.3, -0.25) is 0 Å². The molecule has 1 aromatic carbocycles. The molecule has 3 heterocycles. The molecule has 0 aliphatic heterocycles. The van der Waals surface area contributed by atoms with Crippen LogP contribution in [0.1, 0.15) is 6.42 Å². The SMILES string of the molecule is NCCCn1ccc2cnc(Nc3cccc(-c4cnco4)c3)nc21. The quantitative estimate of drug-likeness (QED) is 0.562. The fourth-order valence-electron chi connectivity index (χ4n) is 2.71. The van der Waals surface area contributed by atoms with Gasteiger partial charge in [-0.2, -0.15) is 4.98 Å². The summed E-state index contributed by atoms with van der Waals surface area (Å²) in [7, 11) is 0. The van der Waals surface area contributed by atoms with Crippen molar-refractivity contribution in [2.24, 2.45) is 5.73 Å². The van der Waals surface area contributed by atoms with Crippen LogP contribution in [0, 0.1) is 0 Å². The minimum absolute atomic E-state index is 0.551. The van der Waals surface area contributed by atoms with Crippen molar-refractivity contribution in [3.63, 3.8) is 0 Å². The highest BCUT2D eigenvalue weighted by Gasteiger charge is 2.07. The van der Waals surface area contributed by atoms with Crippen molar-refractivity contribution in [1.29, 1.82) is 0 Å². The lowest BCUT2D eigenvalue weighted by molar-refractivity contribution is 0.572. The molecule has 0 atom stereocenters. The Morgan fingerprint density at radius 3 is 3.00 bits per heavy atom. The van der Waals surface area contributed by atoms with Crippen molar-refractivity contribution in [2.45, 2.75) is 13.0 Å². The summed E-state index contributed by atoms with van der Waals surface area (Å²) in [6.07, 6.45) is 7.86.